The van der Waals surface area contributed by atoms with Crippen LogP contribution in [0.2, 0.25) is 0 Å². The Labute approximate surface area is 163 Å². The van der Waals surface area contributed by atoms with Crippen molar-refractivity contribution in [2.45, 2.75) is 26.3 Å². The summed E-state index contributed by atoms with van der Waals surface area (Å²) in [6.07, 6.45) is 7.28. The number of aromatic nitrogens is 2. The molecule has 0 spiro atoms. The number of ether oxygens (including phenoxy) is 1. The Morgan fingerprint density at radius 3 is 2.79 bits per heavy atom. The smallest absolute Gasteiger partial charge is 0.328 e. The van der Waals surface area contributed by atoms with Crippen molar-refractivity contribution in [2.75, 3.05) is 7.11 Å². The van der Waals surface area contributed by atoms with Crippen molar-refractivity contribution in [3.8, 4) is 0 Å². The Balaban J connectivity index is 2.08. The summed E-state index contributed by atoms with van der Waals surface area (Å²) in [6, 6.07) is 9.76. The zero-order valence-corrected chi connectivity index (χ0v) is 15.9. The van der Waals surface area contributed by atoms with Crippen molar-refractivity contribution >= 4 is 28.9 Å². The first-order valence-corrected chi connectivity index (χ1v) is 8.98. The average molecular weight is 378 g/mol. The fourth-order valence-electron chi connectivity index (χ4n) is 3.36. The molecule has 1 N–H and O–H groups in total. The van der Waals surface area contributed by atoms with Gasteiger partial charge in [0.1, 0.15) is 0 Å². The molecular formula is C22H22N2O4. The summed E-state index contributed by atoms with van der Waals surface area (Å²) in [5.74, 6) is -1.24. The normalized spacial score (nSPS) is 11.2. The van der Waals surface area contributed by atoms with Gasteiger partial charge < -0.3 is 14.4 Å². The fourth-order valence-corrected chi connectivity index (χ4v) is 3.36. The molecule has 0 aliphatic rings. The van der Waals surface area contributed by atoms with Crippen LogP contribution in [0.15, 0.2) is 48.8 Å². The number of aliphatic carboxylic acids is 1. The topological polar surface area (TPSA) is 81.4 Å². The minimum atomic E-state index is -0.984. The number of fused-ring (bicyclic) bond motifs is 1. The Kier molecular flexibility index (Phi) is 5.89. The number of pyridine rings is 1. The van der Waals surface area contributed by atoms with Gasteiger partial charge >= 0.3 is 11.9 Å². The number of rotatable bonds is 7. The van der Waals surface area contributed by atoms with Crippen LogP contribution in [-0.4, -0.2) is 33.7 Å². The third kappa shape index (κ3) is 4.28. The molecule has 0 unspecified atom stereocenters. The molecule has 0 aliphatic heterocycles. The van der Waals surface area contributed by atoms with E-state index in [4.69, 9.17) is 9.84 Å². The van der Waals surface area contributed by atoms with E-state index in [2.05, 4.69) is 9.55 Å². The summed E-state index contributed by atoms with van der Waals surface area (Å²) < 4.78 is 6.89. The molecule has 2 aromatic heterocycles. The highest BCUT2D eigenvalue weighted by Crippen LogP contribution is 2.29. The van der Waals surface area contributed by atoms with Gasteiger partial charge in [0.2, 0.25) is 0 Å². The number of hydrogen-bond acceptors (Lipinski definition) is 4. The third-order valence-corrected chi connectivity index (χ3v) is 4.77. The molecule has 0 atom stereocenters. The second-order valence-electron chi connectivity index (χ2n) is 6.53. The van der Waals surface area contributed by atoms with Crippen molar-refractivity contribution in [3.05, 3.63) is 71.2 Å². The van der Waals surface area contributed by atoms with Gasteiger partial charge in [-0.1, -0.05) is 12.1 Å². The molecule has 0 amide bonds. The molecule has 1 aromatic carbocycles. The summed E-state index contributed by atoms with van der Waals surface area (Å²) >= 11 is 0. The maximum absolute atomic E-state index is 11.6. The predicted octanol–water partition coefficient (Wildman–Crippen LogP) is 3.60. The van der Waals surface area contributed by atoms with Crippen molar-refractivity contribution in [1.82, 2.24) is 9.55 Å². The number of aryl methyl sites for hydroxylation is 1. The molecule has 0 fully saturated rings. The molecule has 144 valence electrons. The first-order chi connectivity index (χ1) is 13.5. The van der Waals surface area contributed by atoms with Gasteiger partial charge in [0.15, 0.2) is 0 Å². The first kappa shape index (κ1) is 19.4. The molecule has 0 aliphatic carbocycles. The van der Waals surface area contributed by atoms with E-state index in [0.717, 1.165) is 39.4 Å². The zero-order chi connectivity index (χ0) is 20.1. The number of esters is 1. The number of nitrogens with zero attached hydrogens (tertiary/aromatic N) is 2. The van der Waals surface area contributed by atoms with E-state index in [1.165, 1.54) is 7.11 Å². The highest BCUT2D eigenvalue weighted by molar-refractivity contribution is 5.90. The summed E-state index contributed by atoms with van der Waals surface area (Å²) in [7, 11) is 1.39. The molecule has 2 heterocycles. The van der Waals surface area contributed by atoms with Crippen LogP contribution in [0.5, 0.6) is 0 Å². The maximum Gasteiger partial charge on any atom is 0.328 e. The predicted molar refractivity (Wildman–Crippen MR) is 107 cm³/mol. The number of hydrogen-bond donors (Lipinski definition) is 1. The summed E-state index contributed by atoms with van der Waals surface area (Å²) in [5, 5.41) is 9.93. The Morgan fingerprint density at radius 2 is 2.11 bits per heavy atom. The molecule has 3 rings (SSSR count). The van der Waals surface area contributed by atoms with Gasteiger partial charge in [0.25, 0.3) is 0 Å². The van der Waals surface area contributed by atoms with Gasteiger partial charge in [-0.05, 0) is 47.9 Å². The minimum absolute atomic E-state index is 0.254. The number of carbonyl (C=O) groups excluding carboxylic acids is 1. The van der Waals surface area contributed by atoms with E-state index in [9.17, 15) is 9.59 Å². The summed E-state index contributed by atoms with van der Waals surface area (Å²) in [5.41, 5.74) is 5.12. The van der Waals surface area contributed by atoms with Gasteiger partial charge in [-0.25, -0.2) is 4.79 Å². The average Bonchev–Trinajstić information content (AvgIpc) is 2.96. The van der Waals surface area contributed by atoms with Gasteiger partial charge in [-0.3, -0.25) is 9.78 Å². The van der Waals surface area contributed by atoms with Gasteiger partial charge in [-0.2, -0.15) is 0 Å². The Bertz CT molecular complexity index is 1040. The summed E-state index contributed by atoms with van der Waals surface area (Å²) in [4.78, 5) is 26.7. The van der Waals surface area contributed by atoms with E-state index < -0.39 is 5.97 Å². The molecule has 6 nitrogen and oxygen atoms in total. The monoisotopic (exact) mass is 378 g/mol. The van der Waals surface area contributed by atoms with Crippen molar-refractivity contribution < 1.29 is 19.4 Å². The molecule has 28 heavy (non-hydrogen) atoms. The Hall–Kier alpha value is -3.41. The van der Waals surface area contributed by atoms with Crippen LogP contribution in [0.25, 0.3) is 17.0 Å². The second-order valence-corrected chi connectivity index (χ2v) is 6.53. The van der Waals surface area contributed by atoms with Crippen molar-refractivity contribution in [2.24, 2.45) is 0 Å². The van der Waals surface area contributed by atoms with E-state index in [1.54, 1.807) is 12.3 Å². The van der Waals surface area contributed by atoms with E-state index in [-0.39, 0.29) is 12.4 Å². The molecule has 6 heteroatoms. The Morgan fingerprint density at radius 1 is 1.29 bits per heavy atom. The highest BCUT2D eigenvalue weighted by Gasteiger charge is 2.16. The van der Waals surface area contributed by atoms with E-state index >= 15 is 0 Å². The largest absolute Gasteiger partial charge is 0.478 e. The minimum Gasteiger partial charge on any atom is -0.478 e. The van der Waals surface area contributed by atoms with Crippen LogP contribution >= 0.6 is 0 Å². The molecular weight excluding hydrogens is 356 g/mol. The van der Waals surface area contributed by atoms with Crippen molar-refractivity contribution in [3.63, 3.8) is 0 Å². The number of carboxylic acids is 1. The van der Waals surface area contributed by atoms with Crippen LogP contribution < -0.4 is 0 Å². The molecule has 0 radical (unpaired) electrons. The molecule has 0 saturated carbocycles. The van der Waals surface area contributed by atoms with Gasteiger partial charge in [0.05, 0.1) is 13.5 Å². The van der Waals surface area contributed by atoms with Crippen molar-refractivity contribution in [1.29, 1.82) is 0 Å². The first-order valence-electron chi connectivity index (χ1n) is 8.98. The molecule has 0 saturated heterocycles. The lowest BCUT2D eigenvalue weighted by molar-refractivity contribution is -0.140. The molecule has 0 bridgehead atoms. The lowest BCUT2D eigenvalue weighted by Crippen LogP contribution is -2.08. The van der Waals surface area contributed by atoms with Gasteiger partial charge in [-0.15, -0.1) is 0 Å². The highest BCUT2D eigenvalue weighted by atomic mass is 16.5. The summed E-state index contributed by atoms with van der Waals surface area (Å²) in [6.45, 7) is 2.56. The van der Waals surface area contributed by atoms with Crippen LogP contribution in [0.4, 0.5) is 0 Å². The quantitative estimate of drug-likeness (QED) is 0.502. The van der Waals surface area contributed by atoms with Crippen LogP contribution in [-0.2, 0) is 27.3 Å². The zero-order valence-electron chi connectivity index (χ0n) is 15.9. The SMILES string of the molecule is COC(=O)CCn1c(C)c(Cc2cccnc2)c2cc(/C=C/C(=O)O)ccc21. The second kappa shape index (κ2) is 8.52. The molecule has 3 aromatic rings. The van der Waals surface area contributed by atoms with E-state index in [1.807, 2.05) is 43.5 Å². The van der Waals surface area contributed by atoms with Crippen LogP contribution in [0.3, 0.4) is 0 Å². The standard InChI is InChI=1S/C22H22N2O4/c1-15-18(13-17-4-3-10-23-14-17)19-12-16(6-8-21(25)26)5-7-20(19)24(15)11-9-22(27)28-2/h3-8,10,12,14H,9,11,13H2,1-2H3,(H,25,26)/b8-6+. The number of benzene rings is 1. The van der Waals surface area contributed by atoms with Gasteiger partial charge in [0, 0.05) is 48.0 Å². The number of methoxy groups -OCH3 is 1. The lowest BCUT2D eigenvalue weighted by Gasteiger charge is -2.08. The third-order valence-electron chi connectivity index (χ3n) is 4.77. The number of carboxylic acid groups (broad SMARTS) is 1. The fraction of sp³-hybridized carbons (Fsp3) is 0.227. The van der Waals surface area contributed by atoms with Crippen LogP contribution in [0.1, 0.15) is 28.8 Å². The lowest BCUT2D eigenvalue weighted by atomic mass is 10.0. The van der Waals surface area contributed by atoms with E-state index in [0.29, 0.717) is 13.0 Å². The maximum atomic E-state index is 11.6. The number of carbonyl (C=O) groups is 2. The van der Waals surface area contributed by atoms with Crippen LogP contribution in [0, 0.1) is 6.92 Å².